The molecule has 1 saturated carbocycles. The SMILES string of the molecule is CCOc1cccc(OC2CCC(C)(C)C2N)c1. The summed E-state index contributed by atoms with van der Waals surface area (Å²) in [7, 11) is 0. The molecule has 1 fully saturated rings. The second kappa shape index (κ2) is 5.19. The zero-order chi connectivity index (χ0) is 13.2. The van der Waals surface area contributed by atoms with Gasteiger partial charge in [-0.3, -0.25) is 0 Å². The summed E-state index contributed by atoms with van der Waals surface area (Å²) in [5, 5.41) is 0. The molecule has 2 rings (SSSR count). The van der Waals surface area contributed by atoms with Crippen LogP contribution in [0.4, 0.5) is 0 Å². The molecule has 18 heavy (non-hydrogen) atoms. The Morgan fingerprint density at radius 2 is 2.06 bits per heavy atom. The lowest BCUT2D eigenvalue weighted by Crippen LogP contribution is -2.42. The number of hydrogen-bond acceptors (Lipinski definition) is 3. The highest BCUT2D eigenvalue weighted by molar-refractivity contribution is 5.33. The van der Waals surface area contributed by atoms with Gasteiger partial charge in [0.05, 0.1) is 6.61 Å². The molecule has 0 radical (unpaired) electrons. The highest BCUT2D eigenvalue weighted by Crippen LogP contribution is 2.38. The van der Waals surface area contributed by atoms with E-state index in [2.05, 4.69) is 13.8 Å². The van der Waals surface area contributed by atoms with Crippen molar-refractivity contribution in [3.63, 3.8) is 0 Å². The maximum absolute atomic E-state index is 6.25. The third-order valence-corrected chi connectivity index (χ3v) is 3.78. The van der Waals surface area contributed by atoms with E-state index in [1.54, 1.807) is 0 Å². The lowest BCUT2D eigenvalue weighted by Gasteiger charge is -2.27. The molecule has 0 aromatic heterocycles. The largest absolute Gasteiger partial charge is 0.494 e. The first-order valence-corrected chi connectivity index (χ1v) is 6.68. The molecule has 0 spiro atoms. The topological polar surface area (TPSA) is 44.5 Å². The second-order valence-corrected chi connectivity index (χ2v) is 5.62. The van der Waals surface area contributed by atoms with Gasteiger partial charge in [0.2, 0.25) is 0 Å². The van der Waals surface area contributed by atoms with Gasteiger partial charge in [-0.15, -0.1) is 0 Å². The molecule has 0 saturated heterocycles. The van der Waals surface area contributed by atoms with E-state index in [1.165, 1.54) is 0 Å². The molecular weight excluding hydrogens is 226 g/mol. The molecule has 1 aliphatic carbocycles. The van der Waals surface area contributed by atoms with Gasteiger partial charge < -0.3 is 15.2 Å². The molecule has 1 aromatic carbocycles. The predicted octanol–water partition coefficient (Wildman–Crippen LogP) is 2.98. The quantitative estimate of drug-likeness (QED) is 0.892. The van der Waals surface area contributed by atoms with E-state index in [1.807, 2.05) is 31.2 Å². The zero-order valence-corrected chi connectivity index (χ0v) is 11.5. The second-order valence-electron chi connectivity index (χ2n) is 5.62. The van der Waals surface area contributed by atoms with E-state index in [0.29, 0.717) is 6.61 Å². The fourth-order valence-corrected chi connectivity index (χ4v) is 2.47. The van der Waals surface area contributed by atoms with Gasteiger partial charge in [-0.25, -0.2) is 0 Å². The summed E-state index contributed by atoms with van der Waals surface area (Å²) in [6.07, 6.45) is 2.24. The molecule has 0 bridgehead atoms. The maximum atomic E-state index is 6.25. The first-order valence-electron chi connectivity index (χ1n) is 6.68. The van der Waals surface area contributed by atoms with Crippen LogP contribution in [0.3, 0.4) is 0 Å². The van der Waals surface area contributed by atoms with E-state index in [4.69, 9.17) is 15.2 Å². The molecule has 1 aromatic rings. The molecule has 2 unspecified atom stereocenters. The number of benzene rings is 1. The summed E-state index contributed by atoms with van der Waals surface area (Å²) < 4.78 is 11.5. The van der Waals surface area contributed by atoms with Gasteiger partial charge in [-0.2, -0.15) is 0 Å². The van der Waals surface area contributed by atoms with E-state index in [-0.39, 0.29) is 17.6 Å². The smallest absolute Gasteiger partial charge is 0.123 e. The summed E-state index contributed by atoms with van der Waals surface area (Å²) in [6.45, 7) is 7.05. The Morgan fingerprint density at radius 3 is 2.67 bits per heavy atom. The average Bonchev–Trinajstić information content (AvgIpc) is 2.57. The molecular formula is C15H23NO2. The van der Waals surface area contributed by atoms with Crippen LogP contribution in [0.25, 0.3) is 0 Å². The molecule has 0 heterocycles. The Morgan fingerprint density at radius 1 is 1.33 bits per heavy atom. The first-order chi connectivity index (χ1) is 8.53. The number of nitrogens with two attached hydrogens (primary N) is 1. The van der Waals surface area contributed by atoms with Crippen molar-refractivity contribution in [2.24, 2.45) is 11.1 Å². The molecule has 0 amide bonds. The van der Waals surface area contributed by atoms with Gasteiger partial charge in [-0.1, -0.05) is 19.9 Å². The molecule has 2 N–H and O–H groups in total. The fraction of sp³-hybridized carbons (Fsp3) is 0.600. The fourth-order valence-electron chi connectivity index (χ4n) is 2.47. The van der Waals surface area contributed by atoms with Crippen LogP contribution in [0, 0.1) is 5.41 Å². The number of ether oxygens (including phenoxy) is 2. The van der Waals surface area contributed by atoms with E-state index >= 15 is 0 Å². The summed E-state index contributed by atoms with van der Waals surface area (Å²) in [6, 6.07) is 7.87. The molecule has 0 aliphatic heterocycles. The van der Waals surface area contributed by atoms with Crippen LogP contribution < -0.4 is 15.2 Å². The van der Waals surface area contributed by atoms with Crippen molar-refractivity contribution >= 4 is 0 Å². The highest BCUT2D eigenvalue weighted by atomic mass is 16.5. The lowest BCUT2D eigenvalue weighted by molar-refractivity contribution is 0.164. The molecule has 3 heteroatoms. The van der Waals surface area contributed by atoms with Crippen molar-refractivity contribution < 1.29 is 9.47 Å². The summed E-state index contributed by atoms with van der Waals surface area (Å²) in [4.78, 5) is 0. The predicted molar refractivity (Wildman–Crippen MR) is 73.0 cm³/mol. The summed E-state index contributed by atoms with van der Waals surface area (Å²) in [5.74, 6) is 1.69. The van der Waals surface area contributed by atoms with Crippen molar-refractivity contribution in [3.05, 3.63) is 24.3 Å². The Kier molecular flexibility index (Phi) is 3.81. The number of rotatable bonds is 4. The van der Waals surface area contributed by atoms with Gasteiger partial charge in [-0.05, 0) is 37.3 Å². The Labute approximate surface area is 109 Å². The van der Waals surface area contributed by atoms with Crippen molar-refractivity contribution in [1.29, 1.82) is 0 Å². The molecule has 2 atom stereocenters. The van der Waals surface area contributed by atoms with Crippen LogP contribution in [-0.2, 0) is 0 Å². The van der Waals surface area contributed by atoms with Crippen LogP contribution in [0.1, 0.15) is 33.6 Å². The minimum atomic E-state index is 0.0910. The Bertz CT molecular complexity index is 403. The summed E-state index contributed by atoms with van der Waals surface area (Å²) >= 11 is 0. The standard InChI is InChI=1S/C15H23NO2/c1-4-17-11-6-5-7-12(10-11)18-13-8-9-15(2,3)14(13)16/h5-7,10,13-14H,4,8-9,16H2,1-3H3. The van der Waals surface area contributed by atoms with Crippen LogP contribution in [0.15, 0.2) is 24.3 Å². The van der Waals surface area contributed by atoms with Crippen LogP contribution in [0.2, 0.25) is 0 Å². The summed E-state index contributed by atoms with van der Waals surface area (Å²) in [5.41, 5.74) is 6.41. The molecule has 1 aliphatic rings. The van der Waals surface area contributed by atoms with Gasteiger partial charge in [0, 0.05) is 12.1 Å². The molecule has 100 valence electrons. The van der Waals surface area contributed by atoms with Crippen LogP contribution in [0.5, 0.6) is 11.5 Å². The van der Waals surface area contributed by atoms with E-state index in [0.717, 1.165) is 24.3 Å². The third-order valence-electron chi connectivity index (χ3n) is 3.78. The Balaban J connectivity index is 2.04. The van der Waals surface area contributed by atoms with Crippen molar-refractivity contribution in [1.82, 2.24) is 0 Å². The molecule has 3 nitrogen and oxygen atoms in total. The van der Waals surface area contributed by atoms with Gasteiger partial charge >= 0.3 is 0 Å². The van der Waals surface area contributed by atoms with E-state index in [9.17, 15) is 0 Å². The highest BCUT2D eigenvalue weighted by Gasteiger charge is 2.40. The van der Waals surface area contributed by atoms with Gasteiger partial charge in [0.25, 0.3) is 0 Å². The minimum absolute atomic E-state index is 0.0910. The van der Waals surface area contributed by atoms with Crippen LogP contribution in [-0.4, -0.2) is 18.8 Å². The van der Waals surface area contributed by atoms with Crippen molar-refractivity contribution in [2.75, 3.05) is 6.61 Å². The van der Waals surface area contributed by atoms with Crippen molar-refractivity contribution in [2.45, 2.75) is 45.8 Å². The van der Waals surface area contributed by atoms with Crippen molar-refractivity contribution in [3.8, 4) is 11.5 Å². The van der Waals surface area contributed by atoms with Crippen LogP contribution >= 0.6 is 0 Å². The van der Waals surface area contributed by atoms with Gasteiger partial charge in [0.15, 0.2) is 0 Å². The maximum Gasteiger partial charge on any atom is 0.123 e. The lowest BCUT2D eigenvalue weighted by atomic mass is 9.88. The number of hydrogen-bond donors (Lipinski definition) is 1. The normalized spacial score (nSPS) is 26.0. The monoisotopic (exact) mass is 249 g/mol. The average molecular weight is 249 g/mol. The third kappa shape index (κ3) is 2.78. The zero-order valence-electron chi connectivity index (χ0n) is 11.5. The minimum Gasteiger partial charge on any atom is -0.494 e. The Hall–Kier alpha value is -1.22. The van der Waals surface area contributed by atoms with Gasteiger partial charge in [0.1, 0.15) is 17.6 Å². The van der Waals surface area contributed by atoms with E-state index < -0.39 is 0 Å². The first kappa shape index (κ1) is 13.2.